The van der Waals surface area contributed by atoms with E-state index in [4.69, 9.17) is 0 Å². The van der Waals surface area contributed by atoms with Gasteiger partial charge in [-0.05, 0) is 50.5 Å². The van der Waals surface area contributed by atoms with Crippen molar-refractivity contribution in [3.63, 3.8) is 0 Å². The quantitative estimate of drug-likeness (QED) is 0.757. The van der Waals surface area contributed by atoms with Crippen LogP contribution in [-0.2, 0) is 4.79 Å². The first-order valence-corrected chi connectivity index (χ1v) is 9.88. The van der Waals surface area contributed by atoms with Gasteiger partial charge in [-0.1, -0.05) is 38.5 Å². The lowest BCUT2D eigenvalue weighted by atomic mass is 9.97. The minimum atomic E-state index is -0.560. The molecule has 2 amide bonds. The molecule has 0 aliphatic heterocycles. The summed E-state index contributed by atoms with van der Waals surface area (Å²) < 4.78 is 0. The van der Waals surface area contributed by atoms with E-state index >= 15 is 0 Å². The first-order chi connectivity index (χ1) is 12.3. The molecular weight excluding hydrogens is 344 g/mol. The molecule has 2 aromatic rings. The first kappa shape index (κ1) is 20.2. The minimum absolute atomic E-state index is 0.0418. The maximum atomic E-state index is 12.9. The van der Waals surface area contributed by atoms with Crippen LogP contribution >= 0.6 is 11.3 Å². The zero-order chi connectivity index (χ0) is 19.3. The van der Waals surface area contributed by atoms with E-state index in [1.54, 1.807) is 23.5 Å². The number of carbonyl (C=O) groups excluding carboxylic acids is 2. The van der Waals surface area contributed by atoms with Crippen molar-refractivity contribution < 1.29 is 9.59 Å². The third-order valence-electron chi connectivity index (χ3n) is 4.72. The Morgan fingerprint density at radius 3 is 2.27 bits per heavy atom. The molecule has 0 saturated heterocycles. The molecule has 1 heterocycles. The highest BCUT2D eigenvalue weighted by Crippen LogP contribution is 2.26. The molecule has 140 valence electrons. The highest BCUT2D eigenvalue weighted by Gasteiger charge is 2.27. The van der Waals surface area contributed by atoms with Gasteiger partial charge in [0.15, 0.2) is 0 Å². The van der Waals surface area contributed by atoms with Crippen LogP contribution in [0.3, 0.4) is 0 Å². The smallest absolute Gasteiger partial charge is 0.251 e. The summed E-state index contributed by atoms with van der Waals surface area (Å²) in [4.78, 5) is 27.8. The maximum Gasteiger partial charge on any atom is 0.251 e. The molecule has 0 aliphatic rings. The van der Waals surface area contributed by atoms with Crippen LogP contribution in [0.1, 0.15) is 58.9 Å². The Hall–Kier alpha value is -2.14. The second-order valence-electron chi connectivity index (χ2n) is 6.80. The van der Waals surface area contributed by atoms with Crippen LogP contribution < -0.4 is 10.6 Å². The van der Waals surface area contributed by atoms with Gasteiger partial charge in [0.2, 0.25) is 5.91 Å². The standard InChI is InChI=1S/C21H28N2O2S/c1-6-13(2)19(23-20(24)17-10-8-7-9-11-17)21(25)22-15(4)18-12-14(3)26-16(18)5/h7-13,15,19H,6H2,1-5H3,(H,22,25)(H,23,24)/t13-,15+,19-/m0/s1. The second-order valence-corrected chi connectivity index (χ2v) is 8.26. The van der Waals surface area contributed by atoms with Crippen molar-refractivity contribution in [1.29, 1.82) is 0 Å². The molecule has 2 rings (SSSR count). The van der Waals surface area contributed by atoms with E-state index in [0.717, 1.165) is 12.0 Å². The highest BCUT2D eigenvalue weighted by molar-refractivity contribution is 7.12. The van der Waals surface area contributed by atoms with Crippen LogP contribution in [-0.4, -0.2) is 17.9 Å². The zero-order valence-electron chi connectivity index (χ0n) is 16.1. The van der Waals surface area contributed by atoms with E-state index in [-0.39, 0.29) is 23.8 Å². The molecule has 0 saturated carbocycles. The molecular formula is C21H28N2O2S. The lowest BCUT2D eigenvalue weighted by Crippen LogP contribution is -2.50. The van der Waals surface area contributed by atoms with Crippen molar-refractivity contribution in [2.75, 3.05) is 0 Å². The number of carbonyl (C=O) groups is 2. The molecule has 0 spiro atoms. The van der Waals surface area contributed by atoms with Crippen molar-refractivity contribution in [3.05, 3.63) is 57.3 Å². The van der Waals surface area contributed by atoms with Gasteiger partial charge < -0.3 is 10.6 Å². The van der Waals surface area contributed by atoms with E-state index in [1.807, 2.05) is 39.0 Å². The van der Waals surface area contributed by atoms with Crippen LogP contribution in [0.15, 0.2) is 36.4 Å². The predicted molar refractivity (Wildman–Crippen MR) is 108 cm³/mol. The van der Waals surface area contributed by atoms with E-state index in [2.05, 4.69) is 30.5 Å². The Bertz CT molecular complexity index is 755. The molecule has 5 heteroatoms. The third kappa shape index (κ3) is 4.94. The number of hydrogen-bond acceptors (Lipinski definition) is 3. The summed E-state index contributed by atoms with van der Waals surface area (Å²) in [5.41, 5.74) is 1.70. The number of thiophene rings is 1. The molecule has 2 N–H and O–H groups in total. The Morgan fingerprint density at radius 2 is 1.73 bits per heavy atom. The number of aryl methyl sites for hydroxylation is 2. The monoisotopic (exact) mass is 372 g/mol. The molecule has 26 heavy (non-hydrogen) atoms. The molecule has 1 aromatic heterocycles. The summed E-state index contributed by atoms with van der Waals surface area (Å²) in [6, 6.07) is 10.5. The SMILES string of the molecule is CC[C@H](C)[C@H](NC(=O)c1ccccc1)C(=O)N[C@H](C)c1cc(C)sc1C. The first-order valence-electron chi connectivity index (χ1n) is 9.06. The number of benzene rings is 1. The van der Waals surface area contributed by atoms with Gasteiger partial charge in [-0.15, -0.1) is 11.3 Å². The van der Waals surface area contributed by atoms with Crippen LogP contribution in [0, 0.1) is 19.8 Å². The summed E-state index contributed by atoms with van der Waals surface area (Å²) in [7, 11) is 0. The van der Waals surface area contributed by atoms with Crippen LogP contribution in [0.2, 0.25) is 0 Å². The summed E-state index contributed by atoms with van der Waals surface area (Å²) in [5.74, 6) is -0.319. The Kier molecular flexibility index (Phi) is 6.98. The van der Waals surface area contributed by atoms with Gasteiger partial charge in [-0.25, -0.2) is 0 Å². The van der Waals surface area contributed by atoms with E-state index in [0.29, 0.717) is 5.56 Å². The topological polar surface area (TPSA) is 58.2 Å². The molecule has 4 nitrogen and oxygen atoms in total. The number of rotatable bonds is 7. The molecule has 0 aliphatic carbocycles. The van der Waals surface area contributed by atoms with Gasteiger partial charge >= 0.3 is 0 Å². The van der Waals surface area contributed by atoms with Crippen LogP contribution in [0.25, 0.3) is 0 Å². The summed E-state index contributed by atoms with van der Waals surface area (Å²) in [6.07, 6.45) is 0.804. The summed E-state index contributed by atoms with van der Waals surface area (Å²) in [5, 5.41) is 5.99. The third-order valence-corrected chi connectivity index (χ3v) is 5.70. The molecule has 0 radical (unpaired) electrons. The Morgan fingerprint density at radius 1 is 1.08 bits per heavy atom. The molecule has 3 atom stereocenters. The Labute approximate surface area is 160 Å². The summed E-state index contributed by atoms with van der Waals surface area (Å²) in [6.45, 7) is 10.1. The molecule has 1 aromatic carbocycles. The van der Waals surface area contributed by atoms with Gasteiger partial charge in [0.05, 0.1) is 6.04 Å². The largest absolute Gasteiger partial charge is 0.348 e. The highest BCUT2D eigenvalue weighted by atomic mass is 32.1. The van der Waals surface area contributed by atoms with Gasteiger partial charge in [0, 0.05) is 15.3 Å². The molecule has 0 fully saturated rings. The minimum Gasteiger partial charge on any atom is -0.348 e. The fraction of sp³-hybridized carbons (Fsp3) is 0.429. The Balaban J connectivity index is 2.11. The van der Waals surface area contributed by atoms with Crippen molar-refractivity contribution in [1.82, 2.24) is 10.6 Å². The maximum absolute atomic E-state index is 12.9. The number of amides is 2. The number of nitrogens with one attached hydrogen (secondary N) is 2. The van der Waals surface area contributed by atoms with Crippen molar-refractivity contribution in [3.8, 4) is 0 Å². The fourth-order valence-electron chi connectivity index (χ4n) is 2.98. The van der Waals surface area contributed by atoms with E-state index < -0.39 is 6.04 Å². The van der Waals surface area contributed by atoms with Crippen molar-refractivity contribution in [2.45, 2.75) is 53.1 Å². The van der Waals surface area contributed by atoms with E-state index in [1.165, 1.54) is 9.75 Å². The number of hydrogen-bond donors (Lipinski definition) is 2. The lowest BCUT2D eigenvalue weighted by molar-refractivity contribution is -0.124. The van der Waals surface area contributed by atoms with Gasteiger partial charge in [0.25, 0.3) is 5.91 Å². The molecule has 0 bridgehead atoms. The zero-order valence-corrected chi connectivity index (χ0v) is 16.9. The molecule has 0 unspecified atom stereocenters. The van der Waals surface area contributed by atoms with Crippen LogP contribution in [0.4, 0.5) is 0 Å². The van der Waals surface area contributed by atoms with Gasteiger partial charge in [-0.2, -0.15) is 0 Å². The summed E-state index contributed by atoms with van der Waals surface area (Å²) >= 11 is 1.73. The van der Waals surface area contributed by atoms with Gasteiger partial charge in [0.1, 0.15) is 6.04 Å². The average molecular weight is 373 g/mol. The predicted octanol–water partition coefficient (Wildman–Crippen LogP) is 4.39. The van der Waals surface area contributed by atoms with Gasteiger partial charge in [-0.3, -0.25) is 9.59 Å². The van der Waals surface area contributed by atoms with Crippen molar-refractivity contribution >= 4 is 23.2 Å². The second kappa shape index (κ2) is 8.99. The normalized spacial score (nSPS) is 14.3. The lowest BCUT2D eigenvalue weighted by Gasteiger charge is -2.25. The average Bonchev–Trinajstić information content (AvgIpc) is 2.97. The van der Waals surface area contributed by atoms with E-state index in [9.17, 15) is 9.59 Å². The van der Waals surface area contributed by atoms with Crippen LogP contribution in [0.5, 0.6) is 0 Å². The fourth-order valence-corrected chi connectivity index (χ4v) is 4.00. The van der Waals surface area contributed by atoms with Crippen molar-refractivity contribution in [2.24, 2.45) is 5.92 Å².